The van der Waals surface area contributed by atoms with Crippen LogP contribution >= 0.6 is 0 Å². The van der Waals surface area contributed by atoms with Gasteiger partial charge in [0.15, 0.2) is 0 Å². The van der Waals surface area contributed by atoms with Gasteiger partial charge >= 0.3 is 6.03 Å². The number of aliphatic hydroxyl groups is 1. The lowest BCUT2D eigenvalue weighted by molar-refractivity contribution is 0.172. The van der Waals surface area contributed by atoms with Crippen molar-refractivity contribution in [2.75, 3.05) is 11.9 Å². The van der Waals surface area contributed by atoms with Gasteiger partial charge in [-0.2, -0.15) is 0 Å². The third kappa shape index (κ3) is 3.84. The highest BCUT2D eigenvalue weighted by Crippen LogP contribution is 2.28. The summed E-state index contributed by atoms with van der Waals surface area (Å²) in [5, 5.41) is 15.1. The molecule has 3 rings (SSSR count). The number of aromatic nitrogens is 2. The summed E-state index contributed by atoms with van der Waals surface area (Å²) in [6.45, 7) is 5.44. The van der Waals surface area contributed by atoms with Crippen molar-refractivity contribution in [2.24, 2.45) is 7.05 Å². The number of halogens is 1. The average Bonchev–Trinajstić information content (AvgIpc) is 2.99. The molecular formula is C21H25FN4O2. The lowest BCUT2D eigenvalue weighted by Crippen LogP contribution is -2.50. The molecule has 0 aliphatic carbocycles. The number of hydrogen-bond acceptors (Lipinski definition) is 3. The van der Waals surface area contributed by atoms with Crippen LogP contribution in [0.25, 0.3) is 22.4 Å². The maximum Gasteiger partial charge on any atom is 0.319 e. The van der Waals surface area contributed by atoms with Crippen molar-refractivity contribution < 1.29 is 14.3 Å². The highest BCUT2D eigenvalue weighted by atomic mass is 19.1. The maximum atomic E-state index is 13.5. The van der Waals surface area contributed by atoms with Crippen LogP contribution in [0, 0.1) is 12.7 Å². The lowest BCUT2D eigenvalue weighted by Gasteiger charge is -2.27. The molecule has 0 aliphatic heterocycles. The molecule has 1 atom stereocenters. The second-order valence-electron chi connectivity index (χ2n) is 7.31. The number of rotatable bonds is 5. The van der Waals surface area contributed by atoms with Crippen LogP contribution in [0.3, 0.4) is 0 Å². The molecule has 148 valence electrons. The van der Waals surface area contributed by atoms with Crippen LogP contribution < -0.4 is 10.6 Å². The predicted octanol–water partition coefficient (Wildman–Crippen LogP) is 3.97. The summed E-state index contributed by atoms with van der Waals surface area (Å²) >= 11 is 0. The molecule has 1 aromatic heterocycles. The number of nitrogens with one attached hydrogen (secondary N) is 2. The molecule has 0 aliphatic rings. The van der Waals surface area contributed by atoms with Gasteiger partial charge in [-0.05, 0) is 44.0 Å². The molecule has 2 aromatic carbocycles. The third-order valence-corrected chi connectivity index (χ3v) is 5.13. The Morgan fingerprint density at radius 1 is 1.29 bits per heavy atom. The van der Waals surface area contributed by atoms with Crippen molar-refractivity contribution in [3.05, 3.63) is 47.8 Å². The molecular weight excluding hydrogens is 359 g/mol. The second-order valence-corrected chi connectivity index (χ2v) is 7.31. The first-order valence-electron chi connectivity index (χ1n) is 9.19. The summed E-state index contributed by atoms with van der Waals surface area (Å²) in [5.74, 6) is 0.348. The number of urea groups is 1. The zero-order chi connectivity index (χ0) is 20.5. The molecule has 0 radical (unpaired) electrons. The number of aliphatic hydroxyl groups excluding tert-OH is 1. The number of aryl methyl sites for hydroxylation is 2. The van der Waals surface area contributed by atoms with Gasteiger partial charge in [-0.3, -0.25) is 0 Å². The molecule has 0 spiro atoms. The van der Waals surface area contributed by atoms with E-state index in [2.05, 4.69) is 15.6 Å². The van der Waals surface area contributed by atoms with E-state index >= 15 is 0 Å². The van der Waals surface area contributed by atoms with Crippen LogP contribution in [0.4, 0.5) is 14.9 Å². The number of amides is 2. The van der Waals surface area contributed by atoms with Crippen LogP contribution in [-0.4, -0.2) is 32.8 Å². The zero-order valence-corrected chi connectivity index (χ0v) is 16.5. The van der Waals surface area contributed by atoms with Gasteiger partial charge in [0.2, 0.25) is 0 Å². The zero-order valence-electron chi connectivity index (χ0n) is 16.5. The van der Waals surface area contributed by atoms with Gasteiger partial charge in [-0.15, -0.1) is 0 Å². The van der Waals surface area contributed by atoms with Crippen LogP contribution in [-0.2, 0) is 7.05 Å². The molecule has 0 saturated heterocycles. The number of benzene rings is 2. The minimum atomic E-state index is -0.683. The van der Waals surface area contributed by atoms with E-state index < -0.39 is 5.54 Å². The molecule has 0 unspecified atom stereocenters. The molecule has 3 N–H and O–H groups in total. The number of anilines is 1. The summed E-state index contributed by atoms with van der Waals surface area (Å²) in [6, 6.07) is 9.78. The quantitative estimate of drug-likeness (QED) is 0.623. The summed E-state index contributed by atoms with van der Waals surface area (Å²) < 4.78 is 15.4. The van der Waals surface area contributed by atoms with Gasteiger partial charge in [-0.25, -0.2) is 14.2 Å². The van der Waals surface area contributed by atoms with Crippen LogP contribution in [0.15, 0.2) is 36.4 Å². The van der Waals surface area contributed by atoms with E-state index in [0.717, 1.165) is 16.6 Å². The highest BCUT2D eigenvalue weighted by Gasteiger charge is 2.23. The van der Waals surface area contributed by atoms with Gasteiger partial charge in [0, 0.05) is 24.4 Å². The first-order chi connectivity index (χ1) is 13.3. The standard InChI is InChI=1S/C21H25FN4O2/c1-5-21(3,12-27)25-20(28)24-16-10-14(7-6-13(16)2)19-23-17-11-15(22)8-9-18(17)26(19)4/h6-11,27H,5,12H2,1-4H3,(H2,24,25,28)/t21-/m0/s1. The van der Waals surface area contributed by atoms with Crippen molar-refractivity contribution in [1.29, 1.82) is 0 Å². The minimum absolute atomic E-state index is 0.146. The molecule has 1 heterocycles. The van der Waals surface area contributed by atoms with Crippen molar-refractivity contribution in [1.82, 2.24) is 14.9 Å². The molecule has 2 amide bonds. The summed E-state index contributed by atoms with van der Waals surface area (Å²) in [6.07, 6.45) is 0.604. The largest absolute Gasteiger partial charge is 0.394 e. The van der Waals surface area contributed by atoms with E-state index in [1.54, 1.807) is 13.0 Å². The fourth-order valence-electron chi connectivity index (χ4n) is 2.99. The normalized spacial score (nSPS) is 13.4. The molecule has 0 bridgehead atoms. The van der Waals surface area contributed by atoms with Crippen LogP contribution in [0.2, 0.25) is 0 Å². The van der Waals surface area contributed by atoms with E-state index in [9.17, 15) is 14.3 Å². The minimum Gasteiger partial charge on any atom is -0.394 e. The van der Waals surface area contributed by atoms with Gasteiger partial charge in [-0.1, -0.05) is 19.1 Å². The fourth-order valence-corrected chi connectivity index (χ4v) is 2.99. The Balaban J connectivity index is 1.92. The van der Waals surface area contributed by atoms with E-state index in [0.29, 0.717) is 23.4 Å². The van der Waals surface area contributed by atoms with Crippen molar-refractivity contribution >= 4 is 22.8 Å². The molecule has 6 nitrogen and oxygen atoms in total. The Kier molecular flexibility index (Phi) is 5.38. The monoisotopic (exact) mass is 384 g/mol. The van der Waals surface area contributed by atoms with Gasteiger partial charge < -0.3 is 20.3 Å². The third-order valence-electron chi connectivity index (χ3n) is 5.13. The molecule has 0 fully saturated rings. The molecule has 7 heteroatoms. The lowest BCUT2D eigenvalue weighted by atomic mass is 10.0. The van der Waals surface area contributed by atoms with Gasteiger partial charge in [0.1, 0.15) is 11.6 Å². The number of hydrogen-bond donors (Lipinski definition) is 3. The Hall–Kier alpha value is -2.93. The second kappa shape index (κ2) is 7.59. The number of nitrogens with zero attached hydrogens (tertiary/aromatic N) is 2. The smallest absolute Gasteiger partial charge is 0.319 e. The summed E-state index contributed by atoms with van der Waals surface area (Å²) in [7, 11) is 1.87. The van der Waals surface area contributed by atoms with E-state index in [4.69, 9.17) is 0 Å². The molecule has 28 heavy (non-hydrogen) atoms. The van der Waals surface area contributed by atoms with E-state index in [1.807, 2.05) is 43.7 Å². The SMILES string of the molecule is CC[C@@](C)(CO)NC(=O)Nc1cc(-c2nc3cc(F)ccc3n2C)ccc1C. The Morgan fingerprint density at radius 2 is 2.04 bits per heavy atom. The maximum absolute atomic E-state index is 13.5. The number of carbonyl (C=O) groups excluding carboxylic acids is 1. The molecule has 3 aromatic rings. The topological polar surface area (TPSA) is 79.2 Å². The van der Waals surface area contributed by atoms with Gasteiger partial charge in [0.25, 0.3) is 0 Å². The first-order valence-corrected chi connectivity index (χ1v) is 9.19. The average molecular weight is 384 g/mol. The Bertz CT molecular complexity index is 1020. The Labute approximate surface area is 163 Å². The predicted molar refractivity (Wildman–Crippen MR) is 109 cm³/mol. The summed E-state index contributed by atoms with van der Waals surface area (Å²) in [4.78, 5) is 16.9. The molecule has 0 saturated carbocycles. The van der Waals surface area contributed by atoms with Crippen molar-refractivity contribution in [3.8, 4) is 11.4 Å². The van der Waals surface area contributed by atoms with Crippen LogP contribution in [0.1, 0.15) is 25.8 Å². The first kappa shape index (κ1) is 19.8. The van der Waals surface area contributed by atoms with Crippen molar-refractivity contribution in [2.45, 2.75) is 32.7 Å². The fraction of sp³-hybridized carbons (Fsp3) is 0.333. The van der Waals surface area contributed by atoms with E-state index in [-0.39, 0.29) is 18.5 Å². The number of imidazole rings is 1. The number of carbonyl (C=O) groups is 1. The van der Waals surface area contributed by atoms with Crippen LogP contribution in [0.5, 0.6) is 0 Å². The highest BCUT2D eigenvalue weighted by molar-refractivity contribution is 5.91. The summed E-state index contributed by atoms with van der Waals surface area (Å²) in [5.41, 5.74) is 3.06. The van der Waals surface area contributed by atoms with Gasteiger partial charge in [0.05, 0.1) is 23.2 Å². The van der Waals surface area contributed by atoms with E-state index in [1.165, 1.54) is 12.1 Å². The Morgan fingerprint density at radius 3 is 2.71 bits per heavy atom. The number of fused-ring (bicyclic) bond motifs is 1. The van der Waals surface area contributed by atoms with Crippen molar-refractivity contribution in [3.63, 3.8) is 0 Å².